The Morgan fingerprint density at radius 3 is 2.86 bits per heavy atom. The topological polar surface area (TPSA) is 117 Å². The molecule has 0 aliphatic heterocycles. The molecule has 2 atom stereocenters. The van der Waals surface area contributed by atoms with Crippen LogP contribution in [0.2, 0.25) is 5.02 Å². The molecule has 0 fully saturated rings. The molecule has 0 bridgehead atoms. The molecule has 2 heterocycles. The molecule has 0 radical (unpaired) electrons. The van der Waals surface area contributed by atoms with E-state index >= 15 is 0 Å². The summed E-state index contributed by atoms with van der Waals surface area (Å²) in [5.41, 5.74) is 0.640. The number of aliphatic hydroxyl groups is 1. The summed E-state index contributed by atoms with van der Waals surface area (Å²) in [4.78, 5) is 12.2. The molecule has 0 saturated carbocycles. The van der Waals surface area contributed by atoms with Crippen LogP contribution in [0.4, 0.5) is 4.39 Å². The lowest BCUT2D eigenvalue weighted by atomic mass is 10.1. The Hall–Kier alpha value is -3.22. The lowest BCUT2D eigenvalue weighted by molar-refractivity contribution is 0.0925. The SMILES string of the molecule is CC(Cn1ccc(-c2ccc(C#N)c(Cl)c2F)n1)NC(=O)c1cc([C@H](C)O)on1. The van der Waals surface area contributed by atoms with Crippen molar-refractivity contribution < 1.29 is 18.8 Å². The minimum absolute atomic E-state index is 0.0512. The van der Waals surface area contributed by atoms with Gasteiger partial charge in [-0.25, -0.2) is 4.39 Å². The predicted octanol–water partition coefficient (Wildman–Crippen LogP) is 3.07. The Morgan fingerprint density at radius 1 is 1.45 bits per heavy atom. The molecule has 1 unspecified atom stereocenters. The van der Waals surface area contributed by atoms with Gasteiger partial charge >= 0.3 is 0 Å². The van der Waals surface area contributed by atoms with E-state index in [0.717, 1.165) is 0 Å². The van der Waals surface area contributed by atoms with Gasteiger partial charge in [0.05, 0.1) is 22.8 Å². The molecule has 2 N–H and O–H groups in total. The number of nitrogens with zero attached hydrogens (tertiary/aromatic N) is 4. The Kier molecular flexibility index (Phi) is 5.96. The van der Waals surface area contributed by atoms with Crippen molar-refractivity contribution in [3.05, 3.63) is 58.3 Å². The normalized spacial score (nSPS) is 13.0. The van der Waals surface area contributed by atoms with Crippen molar-refractivity contribution in [1.29, 1.82) is 5.26 Å². The molecule has 0 spiro atoms. The number of aliphatic hydroxyl groups excluding tert-OH is 1. The van der Waals surface area contributed by atoms with Crippen LogP contribution in [0.3, 0.4) is 0 Å². The van der Waals surface area contributed by atoms with Crippen molar-refractivity contribution in [2.24, 2.45) is 0 Å². The van der Waals surface area contributed by atoms with Crippen molar-refractivity contribution >= 4 is 17.5 Å². The Balaban J connectivity index is 1.67. The number of carbonyl (C=O) groups is 1. The maximum absolute atomic E-state index is 14.4. The number of halogens is 2. The Bertz CT molecular complexity index is 1090. The second kappa shape index (κ2) is 8.43. The minimum atomic E-state index is -0.861. The highest BCUT2D eigenvalue weighted by Gasteiger charge is 2.18. The zero-order valence-corrected chi connectivity index (χ0v) is 16.3. The van der Waals surface area contributed by atoms with Gasteiger partial charge in [-0.1, -0.05) is 16.8 Å². The first-order valence-corrected chi connectivity index (χ1v) is 9.05. The van der Waals surface area contributed by atoms with E-state index in [-0.39, 0.29) is 33.6 Å². The molecule has 1 amide bonds. The molecule has 0 aliphatic carbocycles. The molecule has 10 heteroatoms. The molecule has 150 valence electrons. The minimum Gasteiger partial charge on any atom is -0.385 e. The summed E-state index contributed by atoms with van der Waals surface area (Å²) in [6.45, 7) is 3.59. The highest BCUT2D eigenvalue weighted by atomic mass is 35.5. The van der Waals surface area contributed by atoms with E-state index in [1.807, 2.05) is 6.07 Å². The number of benzene rings is 1. The van der Waals surface area contributed by atoms with Crippen molar-refractivity contribution in [3.8, 4) is 17.3 Å². The molecular weight excluding hydrogens is 401 g/mol. The highest BCUT2D eigenvalue weighted by Crippen LogP contribution is 2.29. The van der Waals surface area contributed by atoms with Crippen LogP contribution in [0.15, 0.2) is 35.0 Å². The predicted molar refractivity (Wildman–Crippen MR) is 101 cm³/mol. The summed E-state index contributed by atoms with van der Waals surface area (Å²) in [6.07, 6.45) is 0.783. The Morgan fingerprint density at radius 2 is 2.21 bits per heavy atom. The third kappa shape index (κ3) is 4.45. The van der Waals surface area contributed by atoms with Crippen LogP contribution in [-0.4, -0.2) is 32.0 Å². The number of carbonyl (C=O) groups excluding carboxylic acids is 1. The van der Waals surface area contributed by atoms with Gasteiger partial charge in [0.2, 0.25) is 0 Å². The zero-order valence-electron chi connectivity index (χ0n) is 15.6. The summed E-state index contributed by atoms with van der Waals surface area (Å²) in [5, 5.41) is 28.8. The smallest absolute Gasteiger partial charge is 0.273 e. The van der Waals surface area contributed by atoms with Gasteiger partial charge in [0.1, 0.15) is 12.2 Å². The van der Waals surface area contributed by atoms with E-state index in [1.54, 1.807) is 23.9 Å². The average molecular weight is 418 g/mol. The van der Waals surface area contributed by atoms with Gasteiger partial charge in [0.25, 0.3) is 5.91 Å². The molecule has 0 saturated heterocycles. The van der Waals surface area contributed by atoms with Crippen LogP contribution >= 0.6 is 11.6 Å². The van der Waals surface area contributed by atoms with Gasteiger partial charge in [-0.05, 0) is 32.0 Å². The van der Waals surface area contributed by atoms with Crippen LogP contribution < -0.4 is 5.32 Å². The van der Waals surface area contributed by atoms with Gasteiger partial charge < -0.3 is 14.9 Å². The van der Waals surface area contributed by atoms with Crippen LogP contribution in [0.1, 0.15) is 41.8 Å². The number of nitriles is 1. The van der Waals surface area contributed by atoms with Crippen molar-refractivity contribution in [2.75, 3.05) is 0 Å². The van der Waals surface area contributed by atoms with Crippen LogP contribution in [-0.2, 0) is 6.54 Å². The first kappa shape index (κ1) is 20.5. The van der Waals surface area contributed by atoms with Gasteiger partial charge in [-0.2, -0.15) is 10.4 Å². The summed E-state index contributed by atoms with van der Waals surface area (Å²) in [6, 6.07) is 7.36. The second-order valence-electron chi connectivity index (χ2n) is 6.49. The highest BCUT2D eigenvalue weighted by molar-refractivity contribution is 6.32. The molecule has 29 heavy (non-hydrogen) atoms. The fourth-order valence-corrected chi connectivity index (χ4v) is 2.86. The fourth-order valence-electron chi connectivity index (χ4n) is 2.66. The van der Waals surface area contributed by atoms with Gasteiger partial charge in [0.15, 0.2) is 17.3 Å². The number of rotatable bonds is 6. The molecule has 8 nitrogen and oxygen atoms in total. The standard InChI is InChI=1S/C19H17ClFN5O3/c1-10(23-19(28)15-7-16(11(2)27)29-25-15)9-26-6-5-14(24-26)13-4-3-12(8-22)17(20)18(13)21/h3-7,10-11,27H,9H2,1-2H3,(H,23,28)/t10?,11-/m0/s1. The fraction of sp³-hybridized carbons (Fsp3) is 0.263. The van der Waals surface area contributed by atoms with E-state index in [4.69, 9.17) is 21.4 Å². The second-order valence-corrected chi connectivity index (χ2v) is 6.87. The molecular formula is C19H17ClFN5O3. The van der Waals surface area contributed by atoms with Gasteiger partial charge in [-0.3, -0.25) is 9.48 Å². The maximum atomic E-state index is 14.4. The Labute approximate surface area is 170 Å². The van der Waals surface area contributed by atoms with Gasteiger partial charge in [-0.15, -0.1) is 0 Å². The van der Waals surface area contributed by atoms with E-state index < -0.39 is 17.8 Å². The van der Waals surface area contributed by atoms with Gasteiger partial charge in [0, 0.05) is 23.9 Å². The molecule has 0 aliphatic rings. The first-order valence-electron chi connectivity index (χ1n) is 8.67. The largest absolute Gasteiger partial charge is 0.385 e. The quantitative estimate of drug-likeness (QED) is 0.636. The first-order chi connectivity index (χ1) is 13.8. The van der Waals surface area contributed by atoms with E-state index in [0.29, 0.717) is 12.2 Å². The van der Waals surface area contributed by atoms with Crippen LogP contribution in [0.5, 0.6) is 0 Å². The lowest BCUT2D eigenvalue weighted by Gasteiger charge is -2.12. The number of hydrogen-bond acceptors (Lipinski definition) is 6. The lowest BCUT2D eigenvalue weighted by Crippen LogP contribution is -2.36. The number of nitrogens with one attached hydrogen (secondary N) is 1. The number of amides is 1. The molecule has 1 aromatic carbocycles. The van der Waals surface area contributed by atoms with Crippen molar-refractivity contribution in [1.82, 2.24) is 20.3 Å². The summed E-state index contributed by atoms with van der Waals surface area (Å²) >= 11 is 5.87. The van der Waals surface area contributed by atoms with E-state index in [1.165, 1.54) is 25.1 Å². The maximum Gasteiger partial charge on any atom is 0.273 e. The molecule has 2 aromatic heterocycles. The third-order valence-corrected chi connectivity index (χ3v) is 4.50. The number of hydrogen-bond donors (Lipinski definition) is 2. The zero-order chi connectivity index (χ0) is 21.1. The van der Waals surface area contributed by atoms with E-state index in [2.05, 4.69) is 15.6 Å². The molecule has 3 aromatic rings. The van der Waals surface area contributed by atoms with Crippen LogP contribution in [0, 0.1) is 17.1 Å². The summed E-state index contributed by atoms with van der Waals surface area (Å²) in [5.74, 6) is -0.967. The third-order valence-electron chi connectivity index (χ3n) is 4.13. The van der Waals surface area contributed by atoms with E-state index in [9.17, 15) is 14.3 Å². The monoisotopic (exact) mass is 417 g/mol. The summed E-state index contributed by atoms with van der Waals surface area (Å²) < 4.78 is 20.8. The average Bonchev–Trinajstić information content (AvgIpc) is 3.33. The summed E-state index contributed by atoms with van der Waals surface area (Å²) in [7, 11) is 0. The van der Waals surface area contributed by atoms with Crippen molar-refractivity contribution in [2.45, 2.75) is 32.5 Å². The van der Waals surface area contributed by atoms with Crippen molar-refractivity contribution in [3.63, 3.8) is 0 Å². The number of aromatic nitrogens is 3. The van der Waals surface area contributed by atoms with Crippen LogP contribution in [0.25, 0.3) is 11.3 Å². The molecule has 3 rings (SSSR count).